The lowest BCUT2D eigenvalue weighted by Gasteiger charge is -2.14. The number of likely N-dealkylation sites (N-methyl/N-ethyl adjacent to an activating group) is 1. The summed E-state index contributed by atoms with van der Waals surface area (Å²) in [4.78, 5) is 17.5. The zero-order valence-electron chi connectivity index (χ0n) is 12.7. The number of carbonyl (C=O) groups excluding carboxylic acids is 1. The average molecular weight is 406 g/mol. The van der Waals surface area contributed by atoms with Crippen LogP contribution in [0.15, 0.2) is 29.9 Å². The quantitative estimate of drug-likeness (QED) is 0.310. The van der Waals surface area contributed by atoms with Gasteiger partial charge in [-0.25, -0.2) is 4.99 Å². The Balaban J connectivity index is 0.00000400. The molecule has 0 atom stereocenters. The summed E-state index contributed by atoms with van der Waals surface area (Å²) in [6.45, 7) is 4.90. The summed E-state index contributed by atoms with van der Waals surface area (Å²) in [5, 5.41) is 10.1. The fourth-order valence-corrected chi connectivity index (χ4v) is 1.38. The smallest absolute Gasteiger partial charge is 0.241 e. The first-order valence-corrected chi connectivity index (χ1v) is 6.34. The van der Waals surface area contributed by atoms with Gasteiger partial charge in [0.05, 0.1) is 18.8 Å². The Morgan fingerprint density at radius 1 is 1.52 bits per heavy atom. The minimum atomic E-state index is -0.0152. The molecule has 0 saturated carbocycles. The predicted octanol–water partition coefficient (Wildman–Crippen LogP) is 0.348. The van der Waals surface area contributed by atoms with E-state index in [4.69, 9.17) is 0 Å². The number of rotatable bonds is 6. The van der Waals surface area contributed by atoms with Crippen molar-refractivity contribution < 1.29 is 4.79 Å². The molecule has 8 heteroatoms. The summed E-state index contributed by atoms with van der Waals surface area (Å²) >= 11 is 0. The van der Waals surface area contributed by atoms with E-state index >= 15 is 0 Å². The van der Waals surface area contributed by atoms with E-state index in [0.29, 0.717) is 19.0 Å². The topological polar surface area (TPSA) is 74.5 Å². The van der Waals surface area contributed by atoms with Gasteiger partial charge in [-0.3, -0.25) is 9.48 Å². The highest BCUT2D eigenvalue weighted by Gasteiger charge is 2.05. The van der Waals surface area contributed by atoms with Crippen molar-refractivity contribution in [3.8, 4) is 0 Å². The molecule has 0 aliphatic carbocycles. The van der Waals surface area contributed by atoms with Crippen molar-refractivity contribution in [2.45, 2.75) is 6.54 Å². The normalized spacial score (nSPS) is 10.5. The monoisotopic (exact) mass is 406 g/mol. The third kappa shape index (κ3) is 7.11. The number of aliphatic imine (C=N–C) groups is 1. The van der Waals surface area contributed by atoms with Gasteiger partial charge >= 0.3 is 0 Å². The van der Waals surface area contributed by atoms with Gasteiger partial charge < -0.3 is 15.5 Å². The number of aryl methyl sites for hydroxylation is 1. The lowest BCUT2D eigenvalue weighted by Crippen LogP contribution is -2.43. The molecule has 0 unspecified atom stereocenters. The Labute approximate surface area is 142 Å². The molecule has 0 aliphatic rings. The highest BCUT2D eigenvalue weighted by molar-refractivity contribution is 14.0. The SMILES string of the molecule is C=CCNC(=NCc1ccnn1C)NCC(=O)N(C)C.I. The van der Waals surface area contributed by atoms with Gasteiger partial charge in [0, 0.05) is 33.9 Å². The van der Waals surface area contributed by atoms with E-state index in [-0.39, 0.29) is 36.4 Å². The summed E-state index contributed by atoms with van der Waals surface area (Å²) in [5.41, 5.74) is 0.989. The fourth-order valence-electron chi connectivity index (χ4n) is 1.38. The molecule has 0 fully saturated rings. The molecule has 1 heterocycles. The van der Waals surface area contributed by atoms with Crippen LogP contribution in [-0.2, 0) is 18.4 Å². The van der Waals surface area contributed by atoms with Crippen molar-refractivity contribution >= 4 is 35.8 Å². The van der Waals surface area contributed by atoms with E-state index < -0.39 is 0 Å². The van der Waals surface area contributed by atoms with Crippen LogP contribution in [0.2, 0.25) is 0 Å². The molecular weight excluding hydrogens is 383 g/mol. The Morgan fingerprint density at radius 3 is 2.76 bits per heavy atom. The zero-order valence-corrected chi connectivity index (χ0v) is 15.0. The van der Waals surface area contributed by atoms with Crippen molar-refractivity contribution in [3.63, 3.8) is 0 Å². The highest BCUT2D eigenvalue weighted by atomic mass is 127. The molecule has 118 valence electrons. The molecule has 1 aromatic heterocycles. The van der Waals surface area contributed by atoms with Gasteiger partial charge in [0.15, 0.2) is 5.96 Å². The fraction of sp³-hybridized carbons (Fsp3) is 0.462. The Morgan fingerprint density at radius 2 is 2.24 bits per heavy atom. The average Bonchev–Trinajstić information content (AvgIpc) is 2.83. The number of amides is 1. The Hall–Kier alpha value is -1.58. The van der Waals surface area contributed by atoms with E-state index in [2.05, 4.69) is 27.3 Å². The third-order valence-corrected chi connectivity index (χ3v) is 2.64. The Kier molecular flexibility index (Phi) is 9.42. The van der Waals surface area contributed by atoms with Crippen LogP contribution < -0.4 is 10.6 Å². The van der Waals surface area contributed by atoms with Gasteiger partial charge in [0.25, 0.3) is 0 Å². The number of guanidine groups is 1. The molecule has 1 rings (SSSR count). The van der Waals surface area contributed by atoms with Crippen molar-refractivity contribution in [2.24, 2.45) is 12.0 Å². The Bertz CT molecular complexity index is 483. The van der Waals surface area contributed by atoms with Crippen molar-refractivity contribution in [1.29, 1.82) is 0 Å². The first-order chi connectivity index (χ1) is 9.54. The second-order valence-electron chi connectivity index (χ2n) is 4.42. The molecule has 1 aromatic rings. The lowest BCUT2D eigenvalue weighted by atomic mass is 10.4. The summed E-state index contributed by atoms with van der Waals surface area (Å²) in [6.07, 6.45) is 3.46. The van der Waals surface area contributed by atoms with Crippen molar-refractivity contribution in [2.75, 3.05) is 27.2 Å². The highest BCUT2D eigenvalue weighted by Crippen LogP contribution is 1.97. The number of nitrogens with zero attached hydrogens (tertiary/aromatic N) is 4. The van der Waals surface area contributed by atoms with E-state index in [0.717, 1.165) is 5.69 Å². The second-order valence-corrected chi connectivity index (χ2v) is 4.42. The van der Waals surface area contributed by atoms with Crippen LogP contribution >= 0.6 is 24.0 Å². The van der Waals surface area contributed by atoms with Gasteiger partial charge in [-0.05, 0) is 6.07 Å². The molecule has 2 N–H and O–H groups in total. The maximum atomic E-state index is 11.6. The van der Waals surface area contributed by atoms with E-state index in [1.54, 1.807) is 31.1 Å². The number of nitrogens with one attached hydrogen (secondary N) is 2. The molecule has 0 radical (unpaired) electrons. The third-order valence-electron chi connectivity index (χ3n) is 2.64. The zero-order chi connectivity index (χ0) is 15.0. The largest absolute Gasteiger partial charge is 0.353 e. The summed E-state index contributed by atoms with van der Waals surface area (Å²) in [5.74, 6) is 0.555. The van der Waals surface area contributed by atoms with Crippen LogP contribution in [0.5, 0.6) is 0 Å². The van der Waals surface area contributed by atoms with Crippen LogP contribution in [0.3, 0.4) is 0 Å². The molecule has 1 amide bonds. The minimum Gasteiger partial charge on any atom is -0.353 e. The summed E-state index contributed by atoms with van der Waals surface area (Å²) in [6, 6.07) is 1.90. The number of halogens is 1. The van der Waals surface area contributed by atoms with Crippen LogP contribution in [0.1, 0.15) is 5.69 Å². The molecular formula is C13H23IN6O. The molecule has 0 saturated heterocycles. The number of hydrogen-bond acceptors (Lipinski definition) is 3. The van der Waals surface area contributed by atoms with Gasteiger partial charge in [-0.15, -0.1) is 30.6 Å². The molecule has 21 heavy (non-hydrogen) atoms. The number of aromatic nitrogens is 2. The van der Waals surface area contributed by atoms with Crippen molar-refractivity contribution in [3.05, 3.63) is 30.6 Å². The molecule has 0 spiro atoms. The molecule has 0 aliphatic heterocycles. The predicted molar refractivity (Wildman–Crippen MR) is 94.7 cm³/mol. The standard InChI is InChI=1S/C13H22N6O.HI/c1-5-7-14-13(16-10-12(20)18(2)3)15-9-11-6-8-17-19(11)4;/h5-6,8H,1,7,9-10H2,2-4H3,(H2,14,15,16);1H. The minimum absolute atomic E-state index is 0. The molecule has 0 aromatic carbocycles. The van der Waals surface area contributed by atoms with Crippen LogP contribution in [-0.4, -0.2) is 53.7 Å². The van der Waals surface area contributed by atoms with Crippen LogP contribution in [0.25, 0.3) is 0 Å². The maximum absolute atomic E-state index is 11.6. The van der Waals surface area contributed by atoms with Crippen molar-refractivity contribution in [1.82, 2.24) is 25.3 Å². The number of carbonyl (C=O) groups is 1. The van der Waals surface area contributed by atoms with E-state index in [1.165, 1.54) is 4.90 Å². The summed E-state index contributed by atoms with van der Waals surface area (Å²) < 4.78 is 1.76. The van der Waals surface area contributed by atoms with Crippen LogP contribution in [0.4, 0.5) is 0 Å². The van der Waals surface area contributed by atoms with Gasteiger partial charge in [-0.1, -0.05) is 6.08 Å². The lowest BCUT2D eigenvalue weighted by molar-refractivity contribution is -0.127. The first-order valence-electron chi connectivity index (χ1n) is 6.34. The maximum Gasteiger partial charge on any atom is 0.241 e. The van der Waals surface area contributed by atoms with Gasteiger partial charge in [0.1, 0.15) is 0 Å². The summed E-state index contributed by atoms with van der Waals surface area (Å²) in [7, 11) is 5.30. The van der Waals surface area contributed by atoms with E-state index in [9.17, 15) is 4.79 Å². The van der Waals surface area contributed by atoms with Gasteiger partial charge in [0.2, 0.25) is 5.91 Å². The first kappa shape index (κ1) is 19.4. The molecule has 0 bridgehead atoms. The van der Waals surface area contributed by atoms with Gasteiger partial charge in [-0.2, -0.15) is 5.10 Å². The van der Waals surface area contributed by atoms with Crippen LogP contribution in [0, 0.1) is 0 Å². The number of hydrogen-bond donors (Lipinski definition) is 2. The second kappa shape index (κ2) is 10.2. The van der Waals surface area contributed by atoms with E-state index in [1.807, 2.05) is 13.1 Å². The molecule has 7 nitrogen and oxygen atoms in total.